The van der Waals surface area contributed by atoms with Crippen LogP contribution < -0.4 is 9.46 Å². The van der Waals surface area contributed by atoms with E-state index < -0.39 is 10.0 Å². The largest absolute Gasteiger partial charge is 0.439 e. The quantitative estimate of drug-likeness (QED) is 0.815. The predicted octanol–water partition coefficient (Wildman–Crippen LogP) is 2.47. The lowest BCUT2D eigenvalue weighted by atomic mass is 10.2. The van der Waals surface area contributed by atoms with Gasteiger partial charge in [-0.1, -0.05) is 6.07 Å². The fourth-order valence-corrected chi connectivity index (χ4v) is 3.86. The zero-order valence-electron chi connectivity index (χ0n) is 13.5. The third-order valence-electron chi connectivity index (χ3n) is 3.81. The van der Waals surface area contributed by atoms with Gasteiger partial charge in [0, 0.05) is 25.4 Å². The van der Waals surface area contributed by atoms with E-state index in [1.165, 1.54) is 24.3 Å². The van der Waals surface area contributed by atoms with Crippen LogP contribution in [0.1, 0.15) is 12.0 Å². The molecule has 25 heavy (non-hydrogen) atoms. The summed E-state index contributed by atoms with van der Waals surface area (Å²) in [6.45, 7) is 1.29. The van der Waals surface area contributed by atoms with Gasteiger partial charge in [0.05, 0.1) is 12.4 Å². The minimum Gasteiger partial charge on any atom is -0.439 e. The highest BCUT2D eigenvalue weighted by Crippen LogP contribution is 2.19. The van der Waals surface area contributed by atoms with Gasteiger partial charge < -0.3 is 9.47 Å². The number of nitrogens with zero attached hydrogens (tertiary/aromatic N) is 1. The zero-order chi connectivity index (χ0) is 17.7. The number of aromatic nitrogens is 1. The van der Waals surface area contributed by atoms with E-state index in [-0.39, 0.29) is 24.0 Å². The van der Waals surface area contributed by atoms with E-state index in [2.05, 4.69) is 9.71 Å². The molecule has 1 atom stereocenters. The van der Waals surface area contributed by atoms with Crippen molar-refractivity contribution in [1.29, 1.82) is 0 Å². The van der Waals surface area contributed by atoms with Gasteiger partial charge in [-0.05, 0) is 42.2 Å². The Kier molecular flexibility index (Phi) is 5.62. The highest BCUT2D eigenvalue weighted by molar-refractivity contribution is 7.89. The van der Waals surface area contributed by atoms with Gasteiger partial charge in [-0.2, -0.15) is 0 Å². The van der Waals surface area contributed by atoms with Gasteiger partial charge in [0.15, 0.2) is 0 Å². The molecule has 1 aromatic heterocycles. The average Bonchev–Trinajstić information content (AvgIpc) is 3.09. The van der Waals surface area contributed by atoms with Crippen molar-refractivity contribution in [2.45, 2.75) is 13.0 Å². The molecule has 0 saturated carbocycles. The molecule has 1 saturated heterocycles. The van der Waals surface area contributed by atoms with Crippen molar-refractivity contribution in [1.82, 2.24) is 9.71 Å². The fraction of sp³-hybridized carbons (Fsp3) is 0.353. The summed E-state index contributed by atoms with van der Waals surface area (Å²) in [7, 11) is -3.35. The maximum absolute atomic E-state index is 12.9. The maximum atomic E-state index is 12.9. The molecule has 1 aliphatic rings. The fourth-order valence-electron chi connectivity index (χ4n) is 2.48. The van der Waals surface area contributed by atoms with Crippen molar-refractivity contribution in [3.8, 4) is 11.6 Å². The predicted molar refractivity (Wildman–Crippen MR) is 90.3 cm³/mol. The van der Waals surface area contributed by atoms with Gasteiger partial charge in [0.2, 0.25) is 15.9 Å². The van der Waals surface area contributed by atoms with Gasteiger partial charge in [0.1, 0.15) is 11.6 Å². The van der Waals surface area contributed by atoms with Crippen LogP contribution in [-0.4, -0.2) is 32.4 Å². The molecular weight excluding hydrogens is 347 g/mol. The zero-order valence-corrected chi connectivity index (χ0v) is 14.3. The van der Waals surface area contributed by atoms with E-state index in [1.54, 1.807) is 18.3 Å². The number of ether oxygens (including phenoxy) is 2. The van der Waals surface area contributed by atoms with Gasteiger partial charge in [-0.15, -0.1) is 0 Å². The highest BCUT2D eigenvalue weighted by atomic mass is 32.2. The number of rotatable bonds is 7. The molecule has 0 spiro atoms. The first kappa shape index (κ1) is 17.8. The third kappa shape index (κ3) is 5.48. The summed E-state index contributed by atoms with van der Waals surface area (Å²) >= 11 is 0. The number of halogens is 1. The number of benzene rings is 1. The molecule has 1 aromatic carbocycles. The van der Waals surface area contributed by atoms with Crippen LogP contribution in [0.15, 0.2) is 42.6 Å². The number of sulfonamides is 1. The first-order valence-electron chi connectivity index (χ1n) is 7.94. The van der Waals surface area contributed by atoms with Gasteiger partial charge in [0.25, 0.3) is 0 Å². The molecule has 134 valence electrons. The van der Waals surface area contributed by atoms with E-state index in [0.29, 0.717) is 24.8 Å². The minimum absolute atomic E-state index is 0.0575. The summed E-state index contributed by atoms with van der Waals surface area (Å²) < 4.78 is 50.2. The Morgan fingerprint density at radius 3 is 2.68 bits per heavy atom. The summed E-state index contributed by atoms with van der Waals surface area (Å²) in [6, 6.07) is 8.98. The Morgan fingerprint density at radius 2 is 2.04 bits per heavy atom. The second-order valence-electron chi connectivity index (χ2n) is 5.89. The summed E-state index contributed by atoms with van der Waals surface area (Å²) in [4.78, 5) is 4.13. The molecule has 0 bridgehead atoms. The van der Waals surface area contributed by atoms with Crippen LogP contribution in [0, 0.1) is 11.7 Å². The second kappa shape index (κ2) is 7.90. The molecule has 2 aromatic rings. The van der Waals surface area contributed by atoms with Gasteiger partial charge in [-0.3, -0.25) is 0 Å². The molecular formula is C17H19FN2O4S. The van der Waals surface area contributed by atoms with Crippen molar-refractivity contribution >= 4 is 10.0 Å². The first-order chi connectivity index (χ1) is 12.0. The van der Waals surface area contributed by atoms with E-state index in [4.69, 9.17) is 9.47 Å². The summed E-state index contributed by atoms with van der Waals surface area (Å²) in [5, 5.41) is 0. The van der Waals surface area contributed by atoms with Gasteiger partial charge >= 0.3 is 0 Å². The number of pyridine rings is 1. The molecule has 6 nitrogen and oxygen atoms in total. The van der Waals surface area contributed by atoms with Crippen LogP contribution in [-0.2, 0) is 21.3 Å². The molecule has 8 heteroatoms. The third-order valence-corrected chi connectivity index (χ3v) is 5.30. The summed E-state index contributed by atoms with van der Waals surface area (Å²) in [6.07, 6.45) is 2.32. The SMILES string of the molecule is O=S(=O)(CC1CCOC1)NCc1ccc(Oc2ccc(F)cc2)nc1. The lowest BCUT2D eigenvalue weighted by Gasteiger charge is -2.10. The molecule has 1 unspecified atom stereocenters. The Bertz CT molecular complexity index is 788. The monoisotopic (exact) mass is 366 g/mol. The molecule has 0 radical (unpaired) electrons. The number of hydrogen-bond acceptors (Lipinski definition) is 5. The van der Waals surface area contributed by atoms with Crippen LogP contribution in [0.4, 0.5) is 4.39 Å². The molecule has 1 aliphatic heterocycles. The lowest BCUT2D eigenvalue weighted by molar-refractivity contribution is 0.188. The normalized spacial score (nSPS) is 17.6. The second-order valence-corrected chi connectivity index (χ2v) is 7.74. The summed E-state index contributed by atoms with van der Waals surface area (Å²) in [5.41, 5.74) is 0.720. The van der Waals surface area contributed by atoms with Crippen molar-refractivity contribution in [2.75, 3.05) is 19.0 Å². The Labute approximate surface area is 146 Å². The molecule has 1 fully saturated rings. The topological polar surface area (TPSA) is 77.5 Å². The summed E-state index contributed by atoms with van der Waals surface area (Å²) in [5.74, 6) is 0.614. The van der Waals surface area contributed by atoms with Crippen molar-refractivity contribution in [3.63, 3.8) is 0 Å². The standard InChI is InChI=1S/C17H19FN2O4S/c18-15-2-4-16(5-3-15)24-17-6-1-13(9-19-17)10-20-25(21,22)12-14-7-8-23-11-14/h1-6,9,14,20H,7-8,10-12H2. The van der Waals surface area contributed by atoms with Crippen LogP contribution in [0.25, 0.3) is 0 Å². The van der Waals surface area contributed by atoms with E-state index in [1.807, 2.05) is 0 Å². The maximum Gasteiger partial charge on any atom is 0.219 e. The Hall–Kier alpha value is -2.03. The molecule has 0 aliphatic carbocycles. The van der Waals surface area contributed by atoms with Crippen LogP contribution in [0.2, 0.25) is 0 Å². The average molecular weight is 366 g/mol. The molecule has 3 rings (SSSR count). The first-order valence-corrected chi connectivity index (χ1v) is 9.59. The number of nitrogens with one attached hydrogen (secondary N) is 1. The minimum atomic E-state index is -3.35. The van der Waals surface area contributed by atoms with Gasteiger partial charge in [-0.25, -0.2) is 22.5 Å². The van der Waals surface area contributed by atoms with Crippen LogP contribution >= 0.6 is 0 Å². The molecule has 0 amide bonds. The van der Waals surface area contributed by atoms with Crippen LogP contribution in [0.5, 0.6) is 11.6 Å². The van der Waals surface area contributed by atoms with Crippen molar-refractivity contribution in [2.24, 2.45) is 5.92 Å². The number of hydrogen-bond donors (Lipinski definition) is 1. The van der Waals surface area contributed by atoms with E-state index >= 15 is 0 Å². The molecule has 2 heterocycles. The lowest BCUT2D eigenvalue weighted by Crippen LogP contribution is -2.29. The van der Waals surface area contributed by atoms with Crippen LogP contribution in [0.3, 0.4) is 0 Å². The van der Waals surface area contributed by atoms with Crippen molar-refractivity contribution in [3.05, 3.63) is 54.0 Å². The smallest absolute Gasteiger partial charge is 0.219 e. The molecule has 1 N–H and O–H groups in total. The Balaban J connectivity index is 1.52. The Morgan fingerprint density at radius 1 is 1.24 bits per heavy atom. The van der Waals surface area contributed by atoms with Crippen molar-refractivity contribution < 1.29 is 22.3 Å². The highest BCUT2D eigenvalue weighted by Gasteiger charge is 2.22. The van der Waals surface area contributed by atoms with E-state index in [9.17, 15) is 12.8 Å². The van der Waals surface area contributed by atoms with E-state index in [0.717, 1.165) is 12.0 Å².